The number of carbonyl (C=O) groups is 1. The first-order chi connectivity index (χ1) is 8.20. The molecule has 0 amide bonds. The normalized spacial score (nSPS) is 36.1. The molecular formula is C14H25NO2. The van der Waals surface area contributed by atoms with Crippen molar-refractivity contribution in [3.05, 3.63) is 0 Å². The molecule has 0 spiro atoms. The number of nitrogens with zero attached hydrogens (tertiary/aromatic N) is 1. The molecule has 0 radical (unpaired) electrons. The third-order valence-corrected chi connectivity index (χ3v) is 4.41. The van der Waals surface area contributed by atoms with Gasteiger partial charge in [0.25, 0.3) is 0 Å². The zero-order valence-electron chi connectivity index (χ0n) is 11.2. The predicted molar refractivity (Wildman–Crippen MR) is 68.0 cm³/mol. The largest absolute Gasteiger partial charge is 0.379 e. The van der Waals surface area contributed by atoms with Crippen LogP contribution < -0.4 is 0 Å². The molecule has 1 aliphatic heterocycles. The SMILES string of the molecule is CCC1CCC(=O)C(CN2CCOCC2C)C1. The van der Waals surface area contributed by atoms with Gasteiger partial charge in [-0.3, -0.25) is 9.69 Å². The van der Waals surface area contributed by atoms with Crippen molar-refractivity contribution in [3.8, 4) is 0 Å². The van der Waals surface area contributed by atoms with Gasteiger partial charge in [-0.25, -0.2) is 0 Å². The Hall–Kier alpha value is -0.410. The van der Waals surface area contributed by atoms with Gasteiger partial charge in [-0.2, -0.15) is 0 Å². The molecule has 2 rings (SSSR count). The van der Waals surface area contributed by atoms with Gasteiger partial charge in [-0.1, -0.05) is 13.3 Å². The van der Waals surface area contributed by atoms with Crippen LogP contribution in [0.4, 0.5) is 0 Å². The van der Waals surface area contributed by atoms with Crippen molar-refractivity contribution >= 4 is 5.78 Å². The average Bonchev–Trinajstić information content (AvgIpc) is 2.35. The fourth-order valence-electron chi connectivity index (χ4n) is 3.07. The molecule has 0 aromatic carbocycles. The molecule has 3 heteroatoms. The Morgan fingerprint density at radius 1 is 1.47 bits per heavy atom. The van der Waals surface area contributed by atoms with Gasteiger partial charge in [-0.05, 0) is 25.7 Å². The third-order valence-electron chi connectivity index (χ3n) is 4.41. The number of rotatable bonds is 3. The van der Waals surface area contributed by atoms with Crippen LogP contribution in [-0.2, 0) is 9.53 Å². The Labute approximate surface area is 105 Å². The second-order valence-corrected chi connectivity index (χ2v) is 5.63. The van der Waals surface area contributed by atoms with Crippen LogP contribution in [0.2, 0.25) is 0 Å². The molecule has 1 saturated carbocycles. The van der Waals surface area contributed by atoms with Gasteiger partial charge in [0.15, 0.2) is 0 Å². The molecule has 0 aromatic rings. The summed E-state index contributed by atoms with van der Waals surface area (Å²) in [6.07, 6.45) is 4.26. The van der Waals surface area contributed by atoms with Gasteiger partial charge < -0.3 is 4.74 Å². The zero-order valence-corrected chi connectivity index (χ0v) is 11.2. The number of Topliss-reactive ketones (excluding diaryl/α,β-unsaturated/α-hetero) is 1. The summed E-state index contributed by atoms with van der Waals surface area (Å²) in [7, 11) is 0. The van der Waals surface area contributed by atoms with Gasteiger partial charge in [0.1, 0.15) is 5.78 Å². The lowest BCUT2D eigenvalue weighted by molar-refractivity contribution is -0.127. The topological polar surface area (TPSA) is 29.5 Å². The monoisotopic (exact) mass is 239 g/mol. The Morgan fingerprint density at radius 3 is 3.00 bits per heavy atom. The number of ether oxygens (including phenoxy) is 1. The van der Waals surface area contributed by atoms with Crippen molar-refractivity contribution in [2.75, 3.05) is 26.3 Å². The van der Waals surface area contributed by atoms with Crippen LogP contribution in [0.25, 0.3) is 0 Å². The van der Waals surface area contributed by atoms with E-state index in [1.807, 2.05) is 0 Å². The van der Waals surface area contributed by atoms with Gasteiger partial charge in [0.2, 0.25) is 0 Å². The Kier molecular flexibility index (Phi) is 4.57. The molecule has 2 aliphatic rings. The first kappa shape index (κ1) is 13.0. The number of carbonyl (C=O) groups excluding carboxylic acids is 1. The van der Waals surface area contributed by atoms with Crippen molar-refractivity contribution in [3.63, 3.8) is 0 Å². The van der Waals surface area contributed by atoms with E-state index in [4.69, 9.17) is 4.74 Å². The molecule has 1 aliphatic carbocycles. The Morgan fingerprint density at radius 2 is 2.29 bits per heavy atom. The summed E-state index contributed by atoms with van der Waals surface area (Å²) < 4.78 is 5.44. The highest BCUT2D eigenvalue weighted by Gasteiger charge is 2.31. The van der Waals surface area contributed by atoms with E-state index >= 15 is 0 Å². The predicted octanol–water partition coefficient (Wildman–Crippen LogP) is 2.10. The number of ketones is 1. The molecule has 3 nitrogen and oxygen atoms in total. The van der Waals surface area contributed by atoms with Gasteiger partial charge in [0.05, 0.1) is 13.2 Å². The fourth-order valence-corrected chi connectivity index (χ4v) is 3.07. The van der Waals surface area contributed by atoms with Crippen molar-refractivity contribution in [2.45, 2.75) is 45.6 Å². The summed E-state index contributed by atoms with van der Waals surface area (Å²) in [4.78, 5) is 14.4. The molecule has 0 aromatic heterocycles. The minimum atomic E-state index is 0.286. The van der Waals surface area contributed by atoms with E-state index in [9.17, 15) is 4.79 Å². The molecule has 3 atom stereocenters. The van der Waals surface area contributed by atoms with Crippen LogP contribution in [0.3, 0.4) is 0 Å². The maximum absolute atomic E-state index is 12.0. The van der Waals surface area contributed by atoms with E-state index in [0.717, 1.165) is 51.5 Å². The van der Waals surface area contributed by atoms with E-state index in [1.54, 1.807) is 0 Å². The second-order valence-electron chi connectivity index (χ2n) is 5.63. The van der Waals surface area contributed by atoms with Crippen LogP contribution >= 0.6 is 0 Å². The van der Waals surface area contributed by atoms with Crippen LogP contribution in [0.15, 0.2) is 0 Å². The first-order valence-electron chi connectivity index (χ1n) is 7.05. The standard InChI is InChI=1S/C14H25NO2/c1-3-12-4-5-14(16)13(8-12)9-15-6-7-17-10-11(15)2/h11-13H,3-10H2,1-2H3. The van der Waals surface area contributed by atoms with E-state index in [1.165, 1.54) is 6.42 Å². The number of morpholine rings is 1. The van der Waals surface area contributed by atoms with Crippen molar-refractivity contribution < 1.29 is 9.53 Å². The minimum Gasteiger partial charge on any atom is -0.379 e. The van der Waals surface area contributed by atoms with Crippen LogP contribution in [0.1, 0.15) is 39.5 Å². The van der Waals surface area contributed by atoms with Crippen LogP contribution in [-0.4, -0.2) is 43.0 Å². The number of hydrogen-bond acceptors (Lipinski definition) is 3. The maximum atomic E-state index is 12.0. The highest BCUT2D eigenvalue weighted by atomic mass is 16.5. The maximum Gasteiger partial charge on any atom is 0.137 e. The first-order valence-corrected chi connectivity index (χ1v) is 7.05. The summed E-state index contributed by atoms with van der Waals surface area (Å²) in [5.74, 6) is 1.55. The smallest absolute Gasteiger partial charge is 0.137 e. The molecule has 0 bridgehead atoms. The minimum absolute atomic E-state index is 0.286. The van der Waals surface area contributed by atoms with E-state index < -0.39 is 0 Å². The van der Waals surface area contributed by atoms with Gasteiger partial charge >= 0.3 is 0 Å². The van der Waals surface area contributed by atoms with Crippen LogP contribution in [0.5, 0.6) is 0 Å². The molecule has 98 valence electrons. The van der Waals surface area contributed by atoms with E-state index in [0.29, 0.717) is 11.8 Å². The molecule has 3 unspecified atom stereocenters. The van der Waals surface area contributed by atoms with E-state index in [2.05, 4.69) is 18.7 Å². The Balaban J connectivity index is 1.89. The lowest BCUT2D eigenvalue weighted by Crippen LogP contribution is -2.47. The summed E-state index contributed by atoms with van der Waals surface area (Å²) in [5.41, 5.74) is 0. The van der Waals surface area contributed by atoms with Gasteiger partial charge in [0, 0.05) is 31.5 Å². The Bertz CT molecular complexity index is 267. The zero-order chi connectivity index (χ0) is 12.3. The molecule has 17 heavy (non-hydrogen) atoms. The summed E-state index contributed by atoms with van der Waals surface area (Å²) in [6.45, 7) is 8.03. The summed E-state index contributed by atoms with van der Waals surface area (Å²) in [6, 6.07) is 0.471. The summed E-state index contributed by atoms with van der Waals surface area (Å²) in [5, 5.41) is 0. The quantitative estimate of drug-likeness (QED) is 0.755. The number of hydrogen-bond donors (Lipinski definition) is 0. The third kappa shape index (κ3) is 3.29. The van der Waals surface area contributed by atoms with Gasteiger partial charge in [-0.15, -0.1) is 0 Å². The molecule has 0 N–H and O–H groups in total. The molecular weight excluding hydrogens is 214 g/mol. The second kappa shape index (κ2) is 5.96. The molecule has 1 heterocycles. The highest BCUT2D eigenvalue weighted by molar-refractivity contribution is 5.81. The average molecular weight is 239 g/mol. The van der Waals surface area contributed by atoms with Crippen molar-refractivity contribution in [1.29, 1.82) is 0 Å². The molecule has 2 fully saturated rings. The summed E-state index contributed by atoms with van der Waals surface area (Å²) >= 11 is 0. The van der Waals surface area contributed by atoms with Crippen molar-refractivity contribution in [2.24, 2.45) is 11.8 Å². The fraction of sp³-hybridized carbons (Fsp3) is 0.929. The molecule has 1 saturated heterocycles. The lowest BCUT2D eigenvalue weighted by atomic mass is 9.79. The van der Waals surface area contributed by atoms with Crippen LogP contribution in [0, 0.1) is 11.8 Å². The van der Waals surface area contributed by atoms with Crippen molar-refractivity contribution in [1.82, 2.24) is 4.90 Å². The highest BCUT2D eigenvalue weighted by Crippen LogP contribution is 2.29. The van der Waals surface area contributed by atoms with E-state index in [-0.39, 0.29) is 5.92 Å². The lowest BCUT2D eigenvalue weighted by Gasteiger charge is -2.37.